The molecule has 5 atom stereocenters. The molecule has 2 fully saturated rings. The molecule has 2 N–H and O–H groups in total. The molecule has 4 rings (SSSR count). The Kier molecular flexibility index (Phi) is 6.23. The van der Waals surface area contributed by atoms with E-state index in [2.05, 4.69) is 4.98 Å². The van der Waals surface area contributed by atoms with Gasteiger partial charge in [-0.15, -0.1) is 11.3 Å². The molecule has 0 bridgehead atoms. The molecule has 6 nitrogen and oxygen atoms in total. The van der Waals surface area contributed by atoms with Crippen molar-refractivity contribution in [3.05, 3.63) is 45.9 Å². The molecule has 1 aromatic carbocycles. The number of para-hydroxylation sites is 1. The van der Waals surface area contributed by atoms with Crippen molar-refractivity contribution in [2.45, 2.75) is 50.2 Å². The SMILES string of the molecule is O=C(O)c1csc([C@H]2CC[C@@H]3[C@@H](CCOc4ccccc4C(F)(F)F)[C@H](O)C[C@@H]3O2)n1. The Morgan fingerprint density at radius 2 is 2.06 bits per heavy atom. The molecule has 1 saturated heterocycles. The molecule has 168 valence electrons. The zero-order valence-corrected chi connectivity index (χ0v) is 17.2. The molecule has 1 aromatic heterocycles. The van der Waals surface area contributed by atoms with Gasteiger partial charge in [-0.25, -0.2) is 9.78 Å². The summed E-state index contributed by atoms with van der Waals surface area (Å²) in [6, 6.07) is 5.09. The number of ether oxygens (including phenoxy) is 2. The number of hydrogen-bond acceptors (Lipinski definition) is 6. The van der Waals surface area contributed by atoms with E-state index in [9.17, 15) is 23.1 Å². The van der Waals surface area contributed by atoms with Gasteiger partial charge in [-0.3, -0.25) is 0 Å². The number of thiazole rings is 1. The Morgan fingerprint density at radius 3 is 2.77 bits per heavy atom. The molecule has 2 aliphatic rings. The third-order valence-electron chi connectivity index (χ3n) is 6.01. The maximum absolute atomic E-state index is 13.1. The lowest BCUT2D eigenvalue weighted by molar-refractivity contribution is -0.139. The van der Waals surface area contributed by atoms with Crippen molar-refractivity contribution in [3.63, 3.8) is 0 Å². The molecule has 0 radical (unpaired) electrons. The van der Waals surface area contributed by atoms with E-state index in [4.69, 9.17) is 14.6 Å². The minimum atomic E-state index is -4.49. The molecule has 0 spiro atoms. The number of aliphatic hydroxyl groups excluding tert-OH is 1. The Balaban J connectivity index is 1.35. The average molecular weight is 457 g/mol. The highest BCUT2D eigenvalue weighted by Crippen LogP contribution is 2.47. The topological polar surface area (TPSA) is 88.9 Å². The van der Waals surface area contributed by atoms with E-state index in [0.29, 0.717) is 24.3 Å². The molecule has 31 heavy (non-hydrogen) atoms. The summed E-state index contributed by atoms with van der Waals surface area (Å²) in [6.07, 6.45) is -3.35. The molecular formula is C21H22F3NO5S. The molecule has 1 saturated carbocycles. The molecule has 2 aromatic rings. The number of aliphatic hydroxyl groups is 1. The van der Waals surface area contributed by atoms with Crippen LogP contribution in [0.2, 0.25) is 0 Å². The minimum Gasteiger partial charge on any atom is -0.493 e. The second-order valence-corrected chi connectivity index (χ2v) is 8.77. The van der Waals surface area contributed by atoms with Gasteiger partial charge in [0, 0.05) is 11.8 Å². The van der Waals surface area contributed by atoms with Crippen LogP contribution in [0.4, 0.5) is 13.2 Å². The quantitative estimate of drug-likeness (QED) is 0.662. The van der Waals surface area contributed by atoms with Gasteiger partial charge in [0.05, 0.1) is 24.4 Å². The van der Waals surface area contributed by atoms with Gasteiger partial charge in [-0.1, -0.05) is 12.1 Å². The third kappa shape index (κ3) is 4.70. The van der Waals surface area contributed by atoms with Crippen LogP contribution in [0.15, 0.2) is 29.6 Å². The molecule has 2 heterocycles. The maximum Gasteiger partial charge on any atom is 0.419 e. The van der Waals surface area contributed by atoms with Gasteiger partial charge >= 0.3 is 12.1 Å². The minimum absolute atomic E-state index is 0.00802. The van der Waals surface area contributed by atoms with E-state index in [1.807, 2.05) is 0 Å². The molecule has 0 amide bonds. The number of fused-ring (bicyclic) bond motifs is 1. The van der Waals surface area contributed by atoms with Gasteiger partial charge in [0.25, 0.3) is 0 Å². The first kappa shape index (κ1) is 22.0. The molecule has 0 unspecified atom stereocenters. The highest BCUT2D eigenvalue weighted by molar-refractivity contribution is 7.09. The predicted octanol–water partition coefficient (Wildman–Crippen LogP) is 4.55. The van der Waals surface area contributed by atoms with E-state index < -0.39 is 23.8 Å². The van der Waals surface area contributed by atoms with Crippen LogP contribution in [0.3, 0.4) is 0 Å². The lowest BCUT2D eigenvalue weighted by Gasteiger charge is -2.34. The Labute approximate surface area is 180 Å². The number of carbonyl (C=O) groups is 1. The van der Waals surface area contributed by atoms with Crippen LogP contribution in [-0.2, 0) is 10.9 Å². The monoisotopic (exact) mass is 457 g/mol. The third-order valence-corrected chi connectivity index (χ3v) is 6.95. The van der Waals surface area contributed by atoms with E-state index in [1.165, 1.54) is 34.9 Å². The number of aromatic carboxylic acids is 1. The van der Waals surface area contributed by atoms with Gasteiger partial charge in [0.2, 0.25) is 0 Å². The van der Waals surface area contributed by atoms with Crippen LogP contribution in [0, 0.1) is 11.8 Å². The van der Waals surface area contributed by atoms with Gasteiger partial charge in [-0.2, -0.15) is 13.2 Å². The number of benzene rings is 1. The van der Waals surface area contributed by atoms with Crippen LogP contribution >= 0.6 is 11.3 Å². The fourth-order valence-corrected chi connectivity index (χ4v) is 5.44. The number of aromatic nitrogens is 1. The van der Waals surface area contributed by atoms with Crippen molar-refractivity contribution in [2.24, 2.45) is 11.8 Å². The van der Waals surface area contributed by atoms with Crippen LogP contribution in [0.5, 0.6) is 5.75 Å². The lowest BCUT2D eigenvalue weighted by Crippen LogP contribution is -2.31. The van der Waals surface area contributed by atoms with Crippen molar-refractivity contribution >= 4 is 17.3 Å². The zero-order chi connectivity index (χ0) is 22.2. The Hall–Kier alpha value is -2.17. The first-order valence-electron chi connectivity index (χ1n) is 10.1. The Morgan fingerprint density at radius 1 is 1.29 bits per heavy atom. The normalized spacial score (nSPS) is 28.3. The summed E-state index contributed by atoms with van der Waals surface area (Å²) >= 11 is 1.24. The molecule has 1 aliphatic carbocycles. The number of hydrogen-bond donors (Lipinski definition) is 2. The van der Waals surface area contributed by atoms with Gasteiger partial charge in [-0.05, 0) is 43.2 Å². The smallest absolute Gasteiger partial charge is 0.419 e. The number of halogens is 3. The fraction of sp³-hybridized carbons (Fsp3) is 0.524. The average Bonchev–Trinajstić information content (AvgIpc) is 3.32. The van der Waals surface area contributed by atoms with Crippen LogP contribution in [0.1, 0.15) is 52.8 Å². The van der Waals surface area contributed by atoms with E-state index in [0.717, 1.165) is 12.5 Å². The maximum atomic E-state index is 13.1. The van der Waals surface area contributed by atoms with Crippen molar-refractivity contribution in [1.29, 1.82) is 0 Å². The van der Waals surface area contributed by atoms with Crippen molar-refractivity contribution in [2.75, 3.05) is 6.61 Å². The van der Waals surface area contributed by atoms with Crippen molar-refractivity contribution in [1.82, 2.24) is 4.98 Å². The van der Waals surface area contributed by atoms with E-state index in [-0.39, 0.29) is 42.1 Å². The van der Waals surface area contributed by atoms with Crippen LogP contribution in [-0.4, -0.2) is 40.0 Å². The molecular weight excluding hydrogens is 435 g/mol. The number of nitrogens with zero attached hydrogens (tertiary/aromatic N) is 1. The van der Waals surface area contributed by atoms with Gasteiger partial charge in [0.15, 0.2) is 5.69 Å². The summed E-state index contributed by atoms with van der Waals surface area (Å²) < 4.78 is 50.9. The standard InChI is InChI=1S/C21H22F3NO5S/c22-21(23,24)13-3-1-2-4-16(13)29-8-7-11-12-5-6-17(30-18(12)9-15(11)26)19-25-14(10-31-19)20(27)28/h1-4,10-12,15,17-18,26H,5-9H2,(H,27,28)/t11-,12-,15-,17-,18+/m1/s1. The fourth-order valence-electron chi connectivity index (χ4n) is 4.58. The van der Waals surface area contributed by atoms with Gasteiger partial charge in [0.1, 0.15) is 16.9 Å². The van der Waals surface area contributed by atoms with Crippen LogP contribution in [0.25, 0.3) is 0 Å². The summed E-state index contributed by atoms with van der Waals surface area (Å²) in [5.41, 5.74) is -0.820. The molecule has 10 heteroatoms. The van der Waals surface area contributed by atoms with E-state index in [1.54, 1.807) is 0 Å². The summed E-state index contributed by atoms with van der Waals surface area (Å²) in [5, 5.41) is 21.7. The number of carboxylic acids is 1. The number of alkyl halides is 3. The first-order chi connectivity index (χ1) is 14.7. The summed E-state index contributed by atoms with van der Waals surface area (Å²) in [5.74, 6) is -1.35. The summed E-state index contributed by atoms with van der Waals surface area (Å²) in [4.78, 5) is 15.2. The second kappa shape index (κ2) is 8.76. The highest BCUT2D eigenvalue weighted by Gasteiger charge is 2.46. The second-order valence-electron chi connectivity index (χ2n) is 7.88. The van der Waals surface area contributed by atoms with E-state index >= 15 is 0 Å². The highest BCUT2D eigenvalue weighted by atomic mass is 32.1. The zero-order valence-electron chi connectivity index (χ0n) is 16.4. The summed E-state index contributed by atoms with van der Waals surface area (Å²) in [6.45, 7) is 0.0654. The molecule has 1 aliphatic heterocycles. The number of rotatable bonds is 6. The summed E-state index contributed by atoms with van der Waals surface area (Å²) in [7, 11) is 0. The largest absolute Gasteiger partial charge is 0.493 e. The first-order valence-corrected chi connectivity index (χ1v) is 10.9. The Bertz CT molecular complexity index is 934. The van der Waals surface area contributed by atoms with Crippen molar-refractivity contribution in [3.8, 4) is 5.75 Å². The number of carboxylic acid groups (broad SMARTS) is 1. The predicted molar refractivity (Wildman–Crippen MR) is 105 cm³/mol. The van der Waals surface area contributed by atoms with Crippen molar-refractivity contribution < 1.29 is 37.7 Å². The lowest BCUT2D eigenvalue weighted by atomic mass is 9.85. The van der Waals surface area contributed by atoms with Gasteiger partial charge < -0.3 is 19.7 Å². The van der Waals surface area contributed by atoms with Crippen LogP contribution < -0.4 is 4.74 Å².